The van der Waals surface area contributed by atoms with Crippen LogP contribution in [-0.2, 0) is 9.59 Å². The van der Waals surface area contributed by atoms with Gasteiger partial charge in [-0.2, -0.15) is 0 Å². The molecule has 1 aliphatic heterocycles. The third kappa shape index (κ3) is 3.44. The standard InChI is InChI=1S/C17H10N4O7/c22-15-14(9-10-1-3-12(4-2-10)20(25)26)16(23)19(17(24)18-15)11-5-7-13(8-6-11)21(27)28/h1-9H,(H,18,22,24)/b14-9+. The molecule has 0 bridgehead atoms. The highest BCUT2D eigenvalue weighted by atomic mass is 16.6. The van der Waals surface area contributed by atoms with E-state index in [1.165, 1.54) is 42.5 Å². The molecule has 4 amide bonds. The number of nitrogens with zero attached hydrogens (tertiary/aromatic N) is 3. The van der Waals surface area contributed by atoms with Crippen LogP contribution >= 0.6 is 0 Å². The lowest BCUT2D eigenvalue weighted by atomic mass is 10.1. The molecule has 1 fully saturated rings. The molecule has 0 aliphatic carbocycles. The molecule has 11 nitrogen and oxygen atoms in total. The Morgan fingerprint density at radius 1 is 0.821 bits per heavy atom. The third-order valence-corrected chi connectivity index (χ3v) is 3.84. The van der Waals surface area contributed by atoms with Crippen molar-refractivity contribution < 1.29 is 24.2 Å². The number of imide groups is 2. The maximum absolute atomic E-state index is 12.7. The zero-order valence-corrected chi connectivity index (χ0v) is 13.9. The molecule has 0 atom stereocenters. The number of anilines is 1. The predicted molar refractivity (Wildman–Crippen MR) is 95.2 cm³/mol. The van der Waals surface area contributed by atoms with Gasteiger partial charge in [0.2, 0.25) is 0 Å². The highest BCUT2D eigenvalue weighted by molar-refractivity contribution is 6.39. The van der Waals surface area contributed by atoms with Crippen molar-refractivity contribution in [3.8, 4) is 0 Å². The van der Waals surface area contributed by atoms with Crippen LogP contribution in [0.15, 0.2) is 54.1 Å². The first kappa shape index (κ1) is 18.4. The molecule has 1 heterocycles. The molecule has 0 saturated carbocycles. The third-order valence-electron chi connectivity index (χ3n) is 3.84. The number of urea groups is 1. The maximum atomic E-state index is 12.7. The minimum Gasteiger partial charge on any atom is -0.273 e. The molecule has 3 rings (SSSR count). The molecule has 140 valence electrons. The minimum atomic E-state index is -0.996. The molecule has 1 N–H and O–H groups in total. The van der Waals surface area contributed by atoms with Gasteiger partial charge in [-0.3, -0.25) is 35.1 Å². The molecular weight excluding hydrogens is 372 g/mol. The first-order valence-electron chi connectivity index (χ1n) is 7.68. The Bertz CT molecular complexity index is 1040. The van der Waals surface area contributed by atoms with E-state index in [2.05, 4.69) is 0 Å². The highest BCUT2D eigenvalue weighted by Crippen LogP contribution is 2.24. The van der Waals surface area contributed by atoms with Crippen LogP contribution in [0.4, 0.5) is 21.9 Å². The summed E-state index contributed by atoms with van der Waals surface area (Å²) in [6, 6.07) is 8.75. The van der Waals surface area contributed by atoms with Crippen molar-refractivity contribution in [3.05, 3.63) is 79.9 Å². The number of benzene rings is 2. The van der Waals surface area contributed by atoms with Crippen molar-refractivity contribution in [2.24, 2.45) is 0 Å². The number of non-ortho nitro benzene ring substituents is 2. The summed E-state index contributed by atoms with van der Waals surface area (Å²) in [4.78, 5) is 57.7. The Kier molecular flexibility index (Phi) is 4.64. The van der Waals surface area contributed by atoms with E-state index in [1.54, 1.807) is 0 Å². The number of carbonyl (C=O) groups excluding carboxylic acids is 3. The second-order valence-corrected chi connectivity index (χ2v) is 5.58. The van der Waals surface area contributed by atoms with E-state index >= 15 is 0 Å². The number of rotatable bonds is 4. The Hall–Kier alpha value is -4.41. The number of carbonyl (C=O) groups is 3. The second-order valence-electron chi connectivity index (χ2n) is 5.58. The SMILES string of the molecule is O=C1NC(=O)N(c2ccc([N+](=O)[O-])cc2)C(=O)/C1=C/c1ccc([N+](=O)[O-])cc1. The number of amides is 4. The molecule has 2 aromatic carbocycles. The summed E-state index contributed by atoms with van der Waals surface area (Å²) in [5.74, 6) is -1.85. The van der Waals surface area contributed by atoms with E-state index in [0.29, 0.717) is 10.5 Å². The van der Waals surface area contributed by atoms with Crippen molar-refractivity contribution in [2.45, 2.75) is 0 Å². The van der Waals surface area contributed by atoms with Crippen molar-refractivity contribution in [3.63, 3.8) is 0 Å². The largest absolute Gasteiger partial charge is 0.335 e. The average Bonchev–Trinajstić information content (AvgIpc) is 2.65. The summed E-state index contributed by atoms with van der Waals surface area (Å²) < 4.78 is 0. The van der Waals surface area contributed by atoms with Crippen LogP contribution in [0.2, 0.25) is 0 Å². The van der Waals surface area contributed by atoms with Crippen LogP contribution in [0.25, 0.3) is 6.08 Å². The van der Waals surface area contributed by atoms with Crippen molar-refractivity contribution in [1.29, 1.82) is 0 Å². The van der Waals surface area contributed by atoms with Gasteiger partial charge in [-0.25, -0.2) is 9.69 Å². The Balaban J connectivity index is 1.95. The van der Waals surface area contributed by atoms with Gasteiger partial charge < -0.3 is 0 Å². The molecule has 0 aromatic heterocycles. The van der Waals surface area contributed by atoms with Crippen LogP contribution in [0, 0.1) is 20.2 Å². The van der Waals surface area contributed by atoms with Gasteiger partial charge in [0.15, 0.2) is 0 Å². The average molecular weight is 382 g/mol. The van der Waals surface area contributed by atoms with E-state index in [-0.39, 0.29) is 22.6 Å². The predicted octanol–water partition coefficient (Wildman–Crippen LogP) is 2.17. The highest BCUT2D eigenvalue weighted by Gasteiger charge is 2.36. The van der Waals surface area contributed by atoms with Gasteiger partial charge in [-0.1, -0.05) is 0 Å². The maximum Gasteiger partial charge on any atom is 0.335 e. The summed E-state index contributed by atoms with van der Waals surface area (Å²) in [5.41, 5.74) is -0.389. The fourth-order valence-electron chi connectivity index (χ4n) is 2.47. The monoisotopic (exact) mass is 382 g/mol. The molecule has 0 radical (unpaired) electrons. The minimum absolute atomic E-state index is 0.0372. The van der Waals surface area contributed by atoms with Gasteiger partial charge in [-0.15, -0.1) is 0 Å². The quantitative estimate of drug-likeness (QED) is 0.368. The van der Waals surface area contributed by atoms with E-state index in [4.69, 9.17) is 0 Å². The summed E-state index contributed by atoms with van der Waals surface area (Å²) >= 11 is 0. The fourth-order valence-corrected chi connectivity index (χ4v) is 2.47. The lowest BCUT2D eigenvalue weighted by molar-refractivity contribution is -0.385. The van der Waals surface area contributed by atoms with Crippen LogP contribution < -0.4 is 10.2 Å². The molecule has 2 aromatic rings. The number of barbiturate groups is 1. The van der Waals surface area contributed by atoms with E-state index in [0.717, 1.165) is 12.1 Å². The zero-order valence-electron chi connectivity index (χ0n) is 13.9. The van der Waals surface area contributed by atoms with Gasteiger partial charge >= 0.3 is 6.03 Å². The molecule has 0 spiro atoms. The summed E-state index contributed by atoms with van der Waals surface area (Å²) in [5, 5.41) is 23.4. The Morgan fingerprint density at radius 2 is 1.32 bits per heavy atom. The number of nitrogens with one attached hydrogen (secondary N) is 1. The van der Waals surface area contributed by atoms with Gasteiger partial charge in [0, 0.05) is 24.3 Å². The zero-order chi connectivity index (χ0) is 20.4. The fraction of sp³-hybridized carbons (Fsp3) is 0. The molecule has 1 saturated heterocycles. The summed E-state index contributed by atoms with van der Waals surface area (Å²) in [6.07, 6.45) is 1.19. The van der Waals surface area contributed by atoms with E-state index in [1.807, 2.05) is 5.32 Å². The van der Waals surface area contributed by atoms with Crippen LogP contribution in [0.1, 0.15) is 5.56 Å². The van der Waals surface area contributed by atoms with Crippen LogP contribution in [0.5, 0.6) is 0 Å². The summed E-state index contributed by atoms with van der Waals surface area (Å²) in [7, 11) is 0. The van der Waals surface area contributed by atoms with Gasteiger partial charge in [-0.05, 0) is 35.9 Å². The van der Waals surface area contributed by atoms with Crippen molar-refractivity contribution in [1.82, 2.24) is 5.32 Å². The Labute approximate surface area is 156 Å². The number of nitro benzene ring substituents is 2. The first-order valence-corrected chi connectivity index (χ1v) is 7.68. The van der Waals surface area contributed by atoms with Crippen LogP contribution in [-0.4, -0.2) is 27.7 Å². The number of hydrogen-bond donors (Lipinski definition) is 1. The Morgan fingerprint density at radius 3 is 1.82 bits per heavy atom. The smallest absolute Gasteiger partial charge is 0.273 e. The second kappa shape index (κ2) is 7.07. The summed E-state index contributed by atoms with van der Waals surface area (Å²) in [6.45, 7) is 0. The lowest BCUT2D eigenvalue weighted by Crippen LogP contribution is -2.54. The molecule has 11 heteroatoms. The molecule has 1 aliphatic rings. The van der Waals surface area contributed by atoms with Gasteiger partial charge in [0.1, 0.15) is 5.57 Å². The number of hydrogen-bond acceptors (Lipinski definition) is 7. The molecule has 0 unspecified atom stereocenters. The van der Waals surface area contributed by atoms with Crippen LogP contribution in [0.3, 0.4) is 0 Å². The van der Waals surface area contributed by atoms with E-state index < -0.39 is 27.7 Å². The van der Waals surface area contributed by atoms with E-state index in [9.17, 15) is 34.6 Å². The topological polar surface area (TPSA) is 153 Å². The lowest BCUT2D eigenvalue weighted by Gasteiger charge is -2.26. The van der Waals surface area contributed by atoms with Gasteiger partial charge in [0.05, 0.1) is 15.5 Å². The number of nitro groups is 2. The van der Waals surface area contributed by atoms with Crippen molar-refractivity contribution in [2.75, 3.05) is 4.90 Å². The normalized spacial score (nSPS) is 15.5. The molecular formula is C17H10N4O7. The first-order chi connectivity index (χ1) is 13.3. The van der Waals surface area contributed by atoms with Gasteiger partial charge in [0.25, 0.3) is 23.2 Å². The van der Waals surface area contributed by atoms with Crippen molar-refractivity contribution >= 4 is 41.0 Å². The molecule has 28 heavy (non-hydrogen) atoms.